The van der Waals surface area contributed by atoms with E-state index in [4.69, 9.17) is 22.1 Å². The molecule has 0 amide bonds. The van der Waals surface area contributed by atoms with E-state index in [1.165, 1.54) is 0 Å². The van der Waals surface area contributed by atoms with Crippen LogP contribution in [0.1, 0.15) is 24.2 Å². The number of piperidine rings is 1. The van der Waals surface area contributed by atoms with Crippen molar-refractivity contribution in [1.82, 2.24) is 19.2 Å². The van der Waals surface area contributed by atoms with Gasteiger partial charge in [0.2, 0.25) is 4.77 Å². The van der Waals surface area contributed by atoms with Gasteiger partial charge in [0.1, 0.15) is 12.4 Å². The Balaban J connectivity index is 1.62. The van der Waals surface area contributed by atoms with Crippen molar-refractivity contribution in [2.24, 2.45) is 0 Å². The van der Waals surface area contributed by atoms with E-state index in [9.17, 15) is 5.11 Å². The van der Waals surface area contributed by atoms with Crippen LogP contribution in [0, 0.1) is 11.7 Å². The minimum absolute atomic E-state index is 0.195. The van der Waals surface area contributed by atoms with Gasteiger partial charge in [0.15, 0.2) is 5.82 Å². The van der Waals surface area contributed by atoms with E-state index < -0.39 is 0 Å². The van der Waals surface area contributed by atoms with Crippen molar-refractivity contribution >= 4 is 12.2 Å². The molecule has 6 nitrogen and oxygen atoms in total. The van der Waals surface area contributed by atoms with Gasteiger partial charge in [-0.15, -0.1) is 0 Å². The summed E-state index contributed by atoms with van der Waals surface area (Å²) in [7, 11) is 0. The van der Waals surface area contributed by atoms with Gasteiger partial charge in [0.05, 0.1) is 12.8 Å². The quantitative estimate of drug-likeness (QED) is 0.628. The zero-order chi connectivity index (χ0) is 20.2. The molecule has 0 saturated carbocycles. The summed E-state index contributed by atoms with van der Waals surface area (Å²) in [6, 6.07) is 18.0. The van der Waals surface area contributed by atoms with Crippen LogP contribution in [0.3, 0.4) is 0 Å². The fraction of sp³-hybridized carbons (Fsp3) is 0.364. The van der Waals surface area contributed by atoms with Crippen LogP contribution in [0.15, 0.2) is 54.6 Å². The number of hydrogen-bond acceptors (Lipinski definition) is 5. The van der Waals surface area contributed by atoms with Crippen molar-refractivity contribution in [3.8, 4) is 11.4 Å². The van der Waals surface area contributed by atoms with Crippen molar-refractivity contribution in [3.05, 3.63) is 70.8 Å². The highest BCUT2D eigenvalue weighted by molar-refractivity contribution is 7.71. The number of ether oxygens (including phenoxy) is 1. The number of para-hydroxylation sites is 2. The van der Waals surface area contributed by atoms with Crippen LogP contribution in [0.5, 0.6) is 5.75 Å². The molecule has 2 heterocycles. The average Bonchev–Trinajstić information content (AvgIpc) is 3.05. The number of nitrogens with zero attached hydrogens (tertiary/aromatic N) is 4. The van der Waals surface area contributed by atoms with E-state index in [0.29, 0.717) is 18.0 Å². The molecule has 7 heteroatoms. The number of benzene rings is 2. The van der Waals surface area contributed by atoms with E-state index in [1.807, 2.05) is 70.8 Å². The third-order valence-corrected chi connectivity index (χ3v) is 5.66. The van der Waals surface area contributed by atoms with Crippen LogP contribution in [-0.2, 0) is 13.3 Å². The van der Waals surface area contributed by atoms with Gasteiger partial charge >= 0.3 is 0 Å². The fourth-order valence-electron chi connectivity index (χ4n) is 3.59. The summed E-state index contributed by atoms with van der Waals surface area (Å²) >= 11 is 5.77. The second-order valence-electron chi connectivity index (χ2n) is 7.41. The molecule has 0 spiro atoms. The Labute approximate surface area is 176 Å². The minimum atomic E-state index is -0.195. The second kappa shape index (κ2) is 8.90. The lowest BCUT2D eigenvalue weighted by Crippen LogP contribution is -2.37. The highest BCUT2D eigenvalue weighted by atomic mass is 32.1. The number of rotatable bonds is 6. The molecule has 1 aliphatic heterocycles. The first-order chi connectivity index (χ1) is 14.1. The van der Waals surface area contributed by atoms with E-state index in [-0.39, 0.29) is 6.10 Å². The molecule has 1 aromatic heterocycles. The van der Waals surface area contributed by atoms with Crippen molar-refractivity contribution in [2.45, 2.75) is 39.1 Å². The molecule has 3 aromatic rings. The summed E-state index contributed by atoms with van der Waals surface area (Å²) in [6.45, 7) is 4.66. The fourth-order valence-corrected chi connectivity index (χ4v) is 3.89. The number of aliphatic hydroxyl groups is 1. The van der Waals surface area contributed by atoms with Gasteiger partial charge in [0.25, 0.3) is 0 Å². The monoisotopic (exact) mass is 410 g/mol. The Morgan fingerprint density at radius 1 is 1.07 bits per heavy atom. The van der Waals surface area contributed by atoms with Crippen molar-refractivity contribution < 1.29 is 9.84 Å². The van der Waals surface area contributed by atoms with Gasteiger partial charge in [0, 0.05) is 18.8 Å². The molecule has 1 fully saturated rings. The van der Waals surface area contributed by atoms with E-state index in [1.54, 1.807) is 0 Å². The van der Waals surface area contributed by atoms with Gasteiger partial charge < -0.3 is 9.84 Å². The molecule has 1 aliphatic rings. The maximum atomic E-state index is 9.75. The van der Waals surface area contributed by atoms with Crippen molar-refractivity contribution in [1.29, 1.82) is 0 Å². The standard InChI is InChI=1S/C22H26N4O2S/c1-17-7-5-6-10-20(17)28-15-21-23-25(16-24-13-11-19(27)12-14-24)22(29)26(21)18-8-3-2-4-9-18/h2-10,19,27H,11-16H2,1H3. The molecule has 0 unspecified atom stereocenters. The van der Waals surface area contributed by atoms with Crippen LogP contribution in [0.4, 0.5) is 0 Å². The summed E-state index contributed by atoms with van der Waals surface area (Å²) in [6.07, 6.45) is 1.38. The van der Waals surface area contributed by atoms with Gasteiger partial charge in [-0.2, -0.15) is 5.10 Å². The highest BCUT2D eigenvalue weighted by Crippen LogP contribution is 2.20. The predicted molar refractivity (Wildman–Crippen MR) is 115 cm³/mol. The zero-order valence-electron chi connectivity index (χ0n) is 16.6. The molecule has 2 aromatic carbocycles. The molecular weight excluding hydrogens is 384 g/mol. The van der Waals surface area contributed by atoms with Crippen LogP contribution in [0.2, 0.25) is 0 Å². The van der Waals surface area contributed by atoms with Crippen LogP contribution in [0.25, 0.3) is 5.69 Å². The van der Waals surface area contributed by atoms with Crippen LogP contribution >= 0.6 is 12.2 Å². The van der Waals surface area contributed by atoms with E-state index >= 15 is 0 Å². The minimum Gasteiger partial charge on any atom is -0.485 e. The number of aryl methyl sites for hydroxylation is 1. The Morgan fingerprint density at radius 2 is 1.76 bits per heavy atom. The van der Waals surface area contributed by atoms with Crippen molar-refractivity contribution in [2.75, 3.05) is 13.1 Å². The largest absolute Gasteiger partial charge is 0.485 e. The first kappa shape index (κ1) is 19.8. The lowest BCUT2D eigenvalue weighted by molar-refractivity contribution is 0.0649. The lowest BCUT2D eigenvalue weighted by Gasteiger charge is -2.28. The first-order valence-electron chi connectivity index (χ1n) is 9.95. The molecule has 0 aliphatic carbocycles. The molecule has 0 atom stereocenters. The van der Waals surface area contributed by atoms with Gasteiger partial charge in [-0.1, -0.05) is 36.4 Å². The smallest absolute Gasteiger partial charge is 0.203 e. The Bertz CT molecular complexity index is 1010. The molecule has 0 bridgehead atoms. The number of likely N-dealkylation sites (tertiary alicyclic amines) is 1. The molecule has 1 saturated heterocycles. The number of aliphatic hydroxyl groups excluding tert-OH is 1. The second-order valence-corrected chi connectivity index (χ2v) is 7.78. The van der Waals surface area contributed by atoms with Gasteiger partial charge in [-0.3, -0.25) is 9.47 Å². The maximum Gasteiger partial charge on any atom is 0.203 e. The maximum absolute atomic E-state index is 9.75. The topological polar surface area (TPSA) is 55.4 Å². The molecule has 152 valence electrons. The molecule has 0 radical (unpaired) electrons. The van der Waals surface area contributed by atoms with Gasteiger partial charge in [-0.25, -0.2) is 4.68 Å². The van der Waals surface area contributed by atoms with Crippen LogP contribution in [-0.4, -0.2) is 43.5 Å². The third kappa shape index (κ3) is 4.58. The number of hydrogen-bond donors (Lipinski definition) is 1. The summed E-state index contributed by atoms with van der Waals surface area (Å²) < 4.78 is 10.5. The molecule has 4 rings (SSSR count). The Hall–Kier alpha value is -2.48. The van der Waals surface area contributed by atoms with E-state index in [0.717, 1.165) is 48.8 Å². The summed E-state index contributed by atoms with van der Waals surface area (Å²) in [5.41, 5.74) is 2.06. The third-order valence-electron chi connectivity index (χ3n) is 5.26. The average molecular weight is 411 g/mol. The summed E-state index contributed by atoms with van der Waals surface area (Å²) in [4.78, 5) is 2.27. The van der Waals surface area contributed by atoms with E-state index in [2.05, 4.69) is 4.90 Å². The predicted octanol–water partition coefficient (Wildman–Crippen LogP) is 3.70. The summed E-state index contributed by atoms with van der Waals surface area (Å²) in [5, 5.41) is 14.5. The molecular formula is C22H26N4O2S. The summed E-state index contributed by atoms with van der Waals surface area (Å²) in [5.74, 6) is 1.61. The van der Waals surface area contributed by atoms with Crippen molar-refractivity contribution in [3.63, 3.8) is 0 Å². The van der Waals surface area contributed by atoms with Crippen LogP contribution < -0.4 is 4.74 Å². The normalized spacial score (nSPS) is 15.5. The first-order valence-corrected chi connectivity index (χ1v) is 10.4. The SMILES string of the molecule is Cc1ccccc1OCc1nn(CN2CCC(O)CC2)c(=S)n1-c1ccccc1. The molecule has 1 N–H and O–H groups in total. The lowest BCUT2D eigenvalue weighted by atomic mass is 10.1. The number of aromatic nitrogens is 3. The Morgan fingerprint density at radius 3 is 2.48 bits per heavy atom. The van der Waals surface area contributed by atoms with Gasteiger partial charge in [-0.05, 0) is 55.7 Å². The molecule has 29 heavy (non-hydrogen) atoms. The Kier molecular flexibility index (Phi) is 6.08. The highest BCUT2D eigenvalue weighted by Gasteiger charge is 2.20. The zero-order valence-corrected chi connectivity index (χ0v) is 17.4.